The molecule has 2 nitrogen and oxygen atoms in total. The van der Waals surface area contributed by atoms with Gasteiger partial charge in [0.05, 0.1) is 5.92 Å². The van der Waals surface area contributed by atoms with Crippen LogP contribution < -0.4 is 5.32 Å². The summed E-state index contributed by atoms with van der Waals surface area (Å²) in [6, 6.07) is 0.0589. The summed E-state index contributed by atoms with van der Waals surface area (Å²) >= 11 is 0. The molecule has 13 heavy (non-hydrogen) atoms. The summed E-state index contributed by atoms with van der Waals surface area (Å²) in [5.74, 6) is -1.21. The van der Waals surface area contributed by atoms with Crippen LogP contribution >= 0.6 is 0 Å². The highest BCUT2D eigenvalue weighted by atomic mass is 19.4. The SMILES string of the molecule is OCC[C@H]1CC[C@@H](C(F)(F)F)CN1. The Morgan fingerprint density at radius 2 is 2.00 bits per heavy atom. The molecule has 0 aromatic rings. The molecule has 0 amide bonds. The molecule has 1 heterocycles. The lowest BCUT2D eigenvalue weighted by Gasteiger charge is -2.30. The van der Waals surface area contributed by atoms with Crippen LogP contribution in [0.15, 0.2) is 0 Å². The van der Waals surface area contributed by atoms with Crippen LogP contribution in [0.2, 0.25) is 0 Å². The lowest BCUT2D eigenvalue weighted by Crippen LogP contribution is -2.44. The molecule has 78 valence electrons. The number of hydrogen-bond acceptors (Lipinski definition) is 2. The molecule has 0 bridgehead atoms. The predicted octanol–water partition coefficient (Wildman–Crippen LogP) is 1.30. The van der Waals surface area contributed by atoms with E-state index in [-0.39, 0.29) is 25.6 Å². The highest BCUT2D eigenvalue weighted by molar-refractivity contribution is 4.81. The van der Waals surface area contributed by atoms with Crippen molar-refractivity contribution in [1.29, 1.82) is 0 Å². The first-order valence-electron chi connectivity index (χ1n) is 4.45. The van der Waals surface area contributed by atoms with Crippen molar-refractivity contribution in [3.05, 3.63) is 0 Å². The molecule has 0 spiro atoms. The number of alkyl halides is 3. The van der Waals surface area contributed by atoms with Gasteiger partial charge in [0.15, 0.2) is 0 Å². The van der Waals surface area contributed by atoms with Gasteiger partial charge in [0.2, 0.25) is 0 Å². The zero-order valence-electron chi connectivity index (χ0n) is 7.27. The van der Waals surface area contributed by atoms with Crippen molar-refractivity contribution in [1.82, 2.24) is 5.32 Å². The van der Waals surface area contributed by atoms with Crippen molar-refractivity contribution in [2.45, 2.75) is 31.5 Å². The zero-order valence-corrected chi connectivity index (χ0v) is 7.27. The summed E-state index contributed by atoms with van der Waals surface area (Å²) in [5.41, 5.74) is 0. The number of hydrogen-bond donors (Lipinski definition) is 2. The molecular weight excluding hydrogens is 183 g/mol. The van der Waals surface area contributed by atoms with Crippen LogP contribution in [0.4, 0.5) is 13.2 Å². The topological polar surface area (TPSA) is 32.3 Å². The minimum atomic E-state index is -4.07. The highest BCUT2D eigenvalue weighted by Gasteiger charge is 2.41. The van der Waals surface area contributed by atoms with Crippen molar-refractivity contribution in [3.8, 4) is 0 Å². The largest absolute Gasteiger partial charge is 0.396 e. The minimum Gasteiger partial charge on any atom is -0.396 e. The highest BCUT2D eigenvalue weighted by Crippen LogP contribution is 2.32. The van der Waals surface area contributed by atoms with E-state index >= 15 is 0 Å². The molecular formula is C8H14F3NO. The maximum absolute atomic E-state index is 12.2. The molecule has 1 saturated heterocycles. The average molecular weight is 197 g/mol. The molecule has 0 aliphatic carbocycles. The Kier molecular flexibility index (Phi) is 3.55. The molecule has 5 heteroatoms. The second-order valence-electron chi connectivity index (χ2n) is 3.43. The van der Waals surface area contributed by atoms with Gasteiger partial charge in [0.1, 0.15) is 0 Å². The van der Waals surface area contributed by atoms with E-state index in [4.69, 9.17) is 5.11 Å². The van der Waals surface area contributed by atoms with Gasteiger partial charge in [0, 0.05) is 19.2 Å². The number of piperidine rings is 1. The van der Waals surface area contributed by atoms with E-state index in [1.807, 2.05) is 0 Å². The monoisotopic (exact) mass is 197 g/mol. The van der Waals surface area contributed by atoms with E-state index in [0.717, 1.165) is 0 Å². The van der Waals surface area contributed by atoms with Crippen molar-refractivity contribution in [2.75, 3.05) is 13.2 Å². The molecule has 2 N–H and O–H groups in total. The van der Waals surface area contributed by atoms with Gasteiger partial charge in [-0.05, 0) is 19.3 Å². The lowest BCUT2D eigenvalue weighted by molar-refractivity contribution is -0.179. The maximum Gasteiger partial charge on any atom is 0.393 e. The van der Waals surface area contributed by atoms with Crippen LogP contribution in [0.1, 0.15) is 19.3 Å². The molecule has 0 saturated carbocycles. The molecule has 1 fully saturated rings. The lowest BCUT2D eigenvalue weighted by atomic mass is 9.93. The van der Waals surface area contributed by atoms with Gasteiger partial charge in [-0.3, -0.25) is 0 Å². The Labute approximate surface area is 75.1 Å². The molecule has 1 aliphatic rings. The Morgan fingerprint density at radius 3 is 2.38 bits per heavy atom. The van der Waals surface area contributed by atoms with Gasteiger partial charge in [0.25, 0.3) is 0 Å². The normalized spacial score (nSPS) is 30.5. The van der Waals surface area contributed by atoms with Gasteiger partial charge in [-0.1, -0.05) is 0 Å². The van der Waals surface area contributed by atoms with Crippen molar-refractivity contribution in [3.63, 3.8) is 0 Å². The van der Waals surface area contributed by atoms with E-state index in [1.165, 1.54) is 0 Å². The fourth-order valence-electron chi connectivity index (χ4n) is 1.60. The fraction of sp³-hybridized carbons (Fsp3) is 1.00. The summed E-state index contributed by atoms with van der Waals surface area (Å²) in [7, 11) is 0. The maximum atomic E-state index is 12.2. The van der Waals surface area contributed by atoms with Crippen LogP contribution in [-0.2, 0) is 0 Å². The van der Waals surface area contributed by atoms with Crippen molar-refractivity contribution >= 4 is 0 Å². The standard InChI is InChI=1S/C8H14F3NO/c9-8(10,11)6-1-2-7(3-4-13)12-5-6/h6-7,12-13H,1-5H2/t6-,7-/m1/s1. The predicted molar refractivity (Wildman–Crippen MR) is 42.3 cm³/mol. The first-order chi connectivity index (χ1) is 6.04. The number of aliphatic hydroxyl groups excluding tert-OH is 1. The first-order valence-corrected chi connectivity index (χ1v) is 4.45. The van der Waals surface area contributed by atoms with Crippen LogP contribution in [0, 0.1) is 5.92 Å². The third kappa shape index (κ3) is 3.15. The van der Waals surface area contributed by atoms with Crippen LogP contribution in [0.5, 0.6) is 0 Å². The van der Waals surface area contributed by atoms with E-state index in [2.05, 4.69) is 5.32 Å². The van der Waals surface area contributed by atoms with Gasteiger partial charge in [-0.25, -0.2) is 0 Å². The minimum absolute atomic E-state index is 0.00579. The summed E-state index contributed by atoms with van der Waals surface area (Å²) in [5, 5.41) is 11.4. The Bertz CT molecular complexity index is 152. The number of nitrogens with one attached hydrogen (secondary N) is 1. The van der Waals surface area contributed by atoms with Crippen LogP contribution in [0.3, 0.4) is 0 Å². The number of halogens is 3. The quantitative estimate of drug-likeness (QED) is 0.699. The third-order valence-corrected chi connectivity index (χ3v) is 2.46. The second kappa shape index (κ2) is 4.28. The van der Waals surface area contributed by atoms with E-state index < -0.39 is 12.1 Å². The third-order valence-electron chi connectivity index (χ3n) is 2.46. The Hall–Kier alpha value is -0.290. The summed E-state index contributed by atoms with van der Waals surface area (Å²) in [6.45, 7) is 0.0303. The first kappa shape index (κ1) is 10.8. The Morgan fingerprint density at radius 1 is 1.31 bits per heavy atom. The molecule has 0 radical (unpaired) electrons. The van der Waals surface area contributed by atoms with Gasteiger partial charge in [-0.15, -0.1) is 0 Å². The second-order valence-corrected chi connectivity index (χ2v) is 3.43. The van der Waals surface area contributed by atoms with E-state index in [1.54, 1.807) is 0 Å². The fourth-order valence-corrected chi connectivity index (χ4v) is 1.60. The van der Waals surface area contributed by atoms with Gasteiger partial charge < -0.3 is 10.4 Å². The molecule has 2 atom stereocenters. The Balaban J connectivity index is 2.30. The van der Waals surface area contributed by atoms with E-state index in [9.17, 15) is 13.2 Å². The summed E-state index contributed by atoms with van der Waals surface area (Å²) < 4.78 is 36.5. The van der Waals surface area contributed by atoms with Crippen LogP contribution in [-0.4, -0.2) is 30.5 Å². The summed E-state index contributed by atoms with van der Waals surface area (Å²) in [4.78, 5) is 0. The van der Waals surface area contributed by atoms with Crippen molar-refractivity contribution < 1.29 is 18.3 Å². The molecule has 0 aromatic carbocycles. The molecule has 0 unspecified atom stereocenters. The zero-order chi connectivity index (χ0) is 9.90. The number of aliphatic hydroxyl groups is 1. The molecule has 1 aliphatic heterocycles. The van der Waals surface area contributed by atoms with Crippen LogP contribution in [0.25, 0.3) is 0 Å². The van der Waals surface area contributed by atoms with E-state index in [0.29, 0.717) is 12.8 Å². The van der Waals surface area contributed by atoms with Crippen molar-refractivity contribution in [2.24, 2.45) is 5.92 Å². The average Bonchev–Trinajstić information content (AvgIpc) is 2.04. The van der Waals surface area contributed by atoms with Gasteiger partial charge in [-0.2, -0.15) is 13.2 Å². The molecule has 0 aromatic heterocycles. The number of rotatable bonds is 2. The van der Waals surface area contributed by atoms with Gasteiger partial charge >= 0.3 is 6.18 Å². The smallest absolute Gasteiger partial charge is 0.393 e. The molecule has 1 rings (SSSR count). The summed E-state index contributed by atoms with van der Waals surface area (Å²) in [6.07, 6.45) is -2.84.